The fourth-order valence-electron chi connectivity index (χ4n) is 3.57. The van der Waals surface area contributed by atoms with Gasteiger partial charge in [-0.25, -0.2) is 9.78 Å². The Morgan fingerprint density at radius 2 is 1.97 bits per heavy atom. The minimum absolute atomic E-state index is 0.0308. The summed E-state index contributed by atoms with van der Waals surface area (Å²) in [5.41, 5.74) is -1.74. The Morgan fingerprint density at radius 3 is 2.51 bits per heavy atom. The van der Waals surface area contributed by atoms with E-state index < -0.39 is 35.8 Å². The molecule has 0 aromatic carbocycles. The van der Waals surface area contributed by atoms with Gasteiger partial charge in [-0.15, -0.1) is 0 Å². The van der Waals surface area contributed by atoms with Gasteiger partial charge in [-0.2, -0.15) is 13.2 Å². The summed E-state index contributed by atoms with van der Waals surface area (Å²) in [7, 11) is 0. The quantitative estimate of drug-likeness (QED) is 0.355. The lowest BCUT2D eigenvalue weighted by molar-refractivity contribution is -0.137. The van der Waals surface area contributed by atoms with Gasteiger partial charge < -0.3 is 19.8 Å². The first-order valence-electron chi connectivity index (χ1n) is 12.1. The summed E-state index contributed by atoms with van der Waals surface area (Å²) < 4.78 is 49.5. The monoisotopic (exact) mass is 572 g/mol. The van der Waals surface area contributed by atoms with Gasteiger partial charge in [0.2, 0.25) is 12.2 Å². The number of pyridine rings is 1. The van der Waals surface area contributed by atoms with Crippen LogP contribution >= 0.6 is 11.9 Å². The molecule has 214 valence electrons. The normalized spacial score (nSPS) is 15.7. The number of oxazole rings is 1. The van der Waals surface area contributed by atoms with Gasteiger partial charge in [-0.3, -0.25) is 24.6 Å². The fraction of sp³-hybridized carbons (Fsp3) is 0.542. The molecule has 0 aliphatic carbocycles. The molecule has 2 aromatic rings. The zero-order chi connectivity index (χ0) is 28.8. The number of rotatable bonds is 5. The van der Waals surface area contributed by atoms with Crippen molar-refractivity contribution in [1.29, 1.82) is 0 Å². The SMILES string of the molecule is CC(C)(C)C(=O)Nc1cc(C(F)(F)F)cnc1COC(=O)N1Cc2nc(C=O)oc2C1.NSC1CCNCC1. The molecule has 2 aromatic heterocycles. The number of piperidine rings is 1. The van der Waals surface area contributed by atoms with E-state index in [0.717, 1.165) is 24.4 Å². The van der Waals surface area contributed by atoms with Gasteiger partial charge in [0.05, 0.1) is 24.3 Å². The van der Waals surface area contributed by atoms with Gasteiger partial charge in [-0.05, 0) is 32.0 Å². The summed E-state index contributed by atoms with van der Waals surface area (Å²) in [6.45, 7) is 6.71. The van der Waals surface area contributed by atoms with Crippen LogP contribution in [0.2, 0.25) is 0 Å². The van der Waals surface area contributed by atoms with Crippen LogP contribution < -0.4 is 15.8 Å². The number of hydrogen-bond acceptors (Lipinski definition) is 10. The molecule has 4 heterocycles. The van der Waals surface area contributed by atoms with Crippen LogP contribution in [0.15, 0.2) is 16.7 Å². The van der Waals surface area contributed by atoms with E-state index in [2.05, 4.69) is 20.6 Å². The number of nitrogens with two attached hydrogens (primary N) is 1. The molecule has 39 heavy (non-hydrogen) atoms. The van der Waals surface area contributed by atoms with Crippen molar-refractivity contribution < 1.29 is 36.7 Å². The highest BCUT2D eigenvalue weighted by atomic mass is 32.2. The molecule has 0 spiro atoms. The van der Waals surface area contributed by atoms with Gasteiger partial charge in [0, 0.05) is 16.9 Å². The van der Waals surface area contributed by atoms with Gasteiger partial charge in [0.1, 0.15) is 23.8 Å². The first kappa shape index (κ1) is 30.4. The summed E-state index contributed by atoms with van der Waals surface area (Å²) in [5, 5.41) is 11.8. The standard InChI is InChI=1S/C19H19F3N4O5.C5H12N2S/c1-18(2,3)16(28)25-11-4-10(19(20,21)22)5-23-13(11)9-30-17(29)26-6-12-14(7-26)31-15(8-27)24-12;6-8-5-1-3-7-4-2-5/h4-5,8H,6-7,9H2,1-3H3,(H,25,28);5,7H,1-4,6H2. The largest absolute Gasteiger partial charge is 0.443 e. The van der Waals surface area contributed by atoms with Crippen LogP contribution in [0.4, 0.5) is 23.7 Å². The Labute approximate surface area is 227 Å². The molecule has 0 atom stereocenters. The number of carbonyl (C=O) groups is 3. The number of alkyl halides is 3. The number of nitrogens with one attached hydrogen (secondary N) is 2. The second kappa shape index (κ2) is 12.8. The second-order valence-corrected chi connectivity index (χ2v) is 10.9. The van der Waals surface area contributed by atoms with Crippen LogP contribution in [-0.2, 0) is 35.4 Å². The highest BCUT2D eigenvalue weighted by molar-refractivity contribution is 7.97. The summed E-state index contributed by atoms with van der Waals surface area (Å²) in [6.07, 6.45) is -1.92. The Balaban J connectivity index is 0.000000449. The van der Waals surface area contributed by atoms with E-state index in [1.165, 1.54) is 29.7 Å². The van der Waals surface area contributed by atoms with E-state index in [-0.39, 0.29) is 30.4 Å². The molecule has 2 aliphatic rings. The number of fused-ring (bicyclic) bond motifs is 1. The molecule has 0 unspecified atom stereocenters. The van der Waals surface area contributed by atoms with Crippen LogP contribution in [0.1, 0.15) is 67.0 Å². The van der Waals surface area contributed by atoms with Gasteiger partial charge in [0.25, 0.3) is 5.89 Å². The zero-order valence-electron chi connectivity index (χ0n) is 21.8. The lowest BCUT2D eigenvalue weighted by atomic mass is 9.95. The van der Waals surface area contributed by atoms with Crippen molar-refractivity contribution in [2.75, 3.05) is 18.4 Å². The molecule has 1 saturated heterocycles. The van der Waals surface area contributed by atoms with E-state index in [1.54, 1.807) is 20.8 Å². The third kappa shape index (κ3) is 8.41. The molecule has 0 saturated carbocycles. The number of ether oxygens (including phenoxy) is 1. The van der Waals surface area contributed by atoms with Crippen LogP contribution in [0.3, 0.4) is 0 Å². The fourth-order valence-corrected chi connectivity index (χ4v) is 4.08. The maximum absolute atomic E-state index is 13.1. The van der Waals surface area contributed by atoms with Crippen LogP contribution in [0.5, 0.6) is 0 Å². The van der Waals surface area contributed by atoms with Crippen molar-refractivity contribution >= 4 is 35.9 Å². The minimum Gasteiger partial charge on any atom is -0.443 e. The van der Waals surface area contributed by atoms with E-state index in [4.69, 9.17) is 14.3 Å². The smallest absolute Gasteiger partial charge is 0.417 e. The maximum Gasteiger partial charge on any atom is 0.417 e. The molecule has 11 nitrogen and oxygen atoms in total. The van der Waals surface area contributed by atoms with Crippen LogP contribution in [0, 0.1) is 5.41 Å². The molecular weight excluding hydrogens is 541 g/mol. The third-order valence-corrected chi connectivity index (χ3v) is 6.72. The Morgan fingerprint density at radius 1 is 1.28 bits per heavy atom. The first-order valence-corrected chi connectivity index (χ1v) is 13.1. The van der Waals surface area contributed by atoms with Crippen LogP contribution in [0.25, 0.3) is 0 Å². The number of halogens is 3. The van der Waals surface area contributed by atoms with Crippen LogP contribution in [-0.4, -0.2) is 51.5 Å². The highest BCUT2D eigenvalue weighted by Crippen LogP contribution is 2.32. The molecule has 15 heteroatoms. The summed E-state index contributed by atoms with van der Waals surface area (Å²) >= 11 is 1.51. The van der Waals surface area contributed by atoms with Crippen molar-refractivity contribution in [3.05, 3.63) is 40.9 Å². The molecule has 0 bridgehead atoms. The zero-order valence-corrected chi connectivity index (χ0v) is 22.6. The molecule has 0 radical (unpaired) electrons. The summed E-state index contributed by atoms with van der Waals surface area (Å²) in [4.78, 5) is 44.2. The number of aldehydes is 1. The highest BCUT2D eigenvalue weighted by Gasteiger charge is 2.33. The molecule has 2 amide bonds. The van der Waals surface area contributed by atoms with Gasteiger partial charge in [0.15, 0.2) is 0 Å². The van der Waals surface area contributed by atoms with E-state index in [0.29, 0.717) is 23.9 Å². The summed E-state index contributed by atoms with van der Waals surface area (Å²) in [6, 6.07) is 0.745. The number of nitrogens with zero attached hydrogens (tertiary/aromatic N) is 3. The van der Waals surface area contributed by atoms with Gasteiger partial charge >= 0.3 is 12.3 Å². The minimum atomic E-state index is -4.66. The predicted octanol–water partition coefficient (Wildman–Crippen LogP) is 3.88. The van der Waals surface area contributed by atoms with E-state index in [9.17, 15) is 27.6 Å². The predicted molar refractivity (Wildman–Crippen MR) is 136 cm³/mol. The van der Waals surface area contributed by atoms with E-state index in [1.807, 2.05) is 0 Å². The van der Waals surface area contributed by atoms with Gasteiger partial charge in [-0.1, -0.05) is 32.7 Å². The average Bonchev–Trinajstić information content (AvgIpc) is 3.47. The van der Waals surface area contributed by atoms with Crippen molar-refractivity contribution in [2.45, 2.75) is 64.7 Å². The molecular formula is C24H31F3N6O5S. The number of carbonyl (C=O) groups excluding carboxylic acids is 3. The molecule has 2 aliphatic heterocycles. The molecule has 4 rings (SSSR count). The van der Waals surface area contributed by atoms with Crippen molar-refractivity contribution in [2.24, 2.45) is 10.6 Å². The number of aromatic nitrogens is 2. The number of amides is 2. The van der Waals surface area contributed by atoms with Crippen molar-refractivity contribution in [1.82, 2.24) is 20.2 Å². The first-order chi connectivity index (χ1) is 18.3. The van der Waals surface area contributed by atoms with Crippen molar-refractivity contribution in [3.63, 3.8) is 0 Å². The Kier molecular flexibility index (Phi) is 9.96. The maximum atomic E-state index is 13.1. The Bertz CT molecular complexity index is 1150. The molecule has 4 N–H and O–H groups in total. The summed E-state index contributed by atoms with van der Waals surface area (Å²) in [5.74, 6) is -0.265. The molecule has 1 fully saturated rings. The third-order valence-electron chi connectivity index (χ3n) is 5.87. The topological polar surface area (TPSA) is 153 Å². The number of hydrogen-bond donors (Lipinski definition) is 3. The van der Waals surface area contributed by atoms with E-state index >= 15 is 0 Å². The van der Waals surface area contributed by atoms with Crippen molar-refractivity contribution in [3.8, 4) is 0 Å². The average molecular weight is 573 g/mol. The second-order valence-electron chi connectivity index (χ2n) is 9.96. The lowest BCUT2D eigenvalue weighted by Crippen LogP contribution is -2.29. The Hall–Kier alpha value is -3.17. The number of anilines is 1. The lowest BCUT2D eigenvalue weighted by Gasteiger charge is -2.20.